The minimum absolute atomic E-state index is 0.290. The predicted octanol–water partition coefficient (Wildman–Crippen LogP) is 3.60. The third-order valence-electron chi connectivity index (χ3n) is 3.96. The van der Waals surface area contributed by atoms with Crippen molar-refractivity contribution >= 4 is 23.4 Å². The van der Waals surface area contributed by atoms with Gasteiger partial charge in [-0.05, 0) is 43.5 Å². The van der Waals surface area contributed by atoms with E-state index in [2.05, 4.69) is 25.4 Å². The number of aromatic nitrogens is 5. The largest absolute Gasteiger partial charge is 0.461 e. The molecule has 28 heavy (non-hydrogen) atoms. The van der Waals surface area contributed by atoms with Gasteiger partial charge in [-0.15, -0.1) is 11.8 Å². The van der Waals surface area contributed by atoms with Crippen LogP contribution in [0, 0.1) is 6.92 Å². The van der Waals surface area contributed by atoms with E-state index in [1.54, 1.807) is 60.7 Å². The van der Waals surface area contributed by atoms with Gasteiger partial charge in [-0.1, -0.05) is 0 Å². The van der Waals surface area contributed by atoms with Crippen LogP contribution in [-0.4, -0.2) is 36.9 Å². The maximum absolute atomic E-state index is 12.9. The van der Waals surface area contributed by atoms with Crippen molar-refractivity contribution in [3.05, 3.63) is 66.4 Å². The zero-order chi connectivity index (χ0) is 19.5. The summed E-state index contributed by atoms with van der Waals surface area (Å²) in [6.07, 6.45) is 8.49. The van der Waals surface area contributed by atoms with Gasteiger partial charge in [-0.2, -0.15) is 5.10 Å². The Morgan fingerprint density at radius 3 is 2.75 bits per heavy atom. The number of pyridine rings is 1. The highest BCUT2D eigenvalue weighted by molar-refractivity contribution is 7.98. The van der Waals surface area contributed by atoms with Crippen molar-refractivity contribution in [1.82, 2.24) is 24.7 Å². The highest BCUT2D eigenvalue weighted by atomic mass is 32.2. The molecule has 1 amide bonds. The van der Waals surface area contributed by atoms with Crippen LogP contribution < -0.4 is 5.32 Å². The number of rotatable bonds is 5. The van der Waals surface area contributed by atoms with E-state index in [1.807, 2.05) is 12.3 Å². The van der Waals surface area contributed by atoms with Crippen molar-refractivity contribution < 1.29 is 9.21 Å². The molecule has 0 saturated carbocycles. The van der Waals surface area contributed by atoms with E-state index in [0.29, 0.717) is 39.4 Å². The van der Waals surface area contributed by atoms with Gasteiger partial charge in [0.2, 0.25) is 0 Å². The average molecular weight is 392 g/mol. The number of nitrogens with zero attached hydrogens (tertiary/aromatic N) is 5. The summed E-state index contributed by atoms with van der Waals surface area (Å²) in [7, 11) is 0. The second-order valence-electron chi connectivity index (χ2n) is 5.80. The number of carbonyl (C=O) groups excluding carboxylic acids is 1. The number of hydrogen-bond donors (Lipinski definition) is 1. The van der Waals surface area contributed by atoms with E-state index < -0.39 is 0 Å². The van der Waals surface area contributed by atoms with Crippen LogP contribution in [0.2, 0.25) is 0 Å². The fourth-order valence-electron chi connectivity index (χ4n) is 2.67. The van der Waals surface area contributed by atoms with Crippen LogP contribution in [0.1, 0.15) is 16.1 Å². The molecule has 0 aromatic carbocycles. The monoisotopic (exact) mass is 392 g/mol. The molecule has 0 spiro atoms. The van der Waals surface area contributed by atoms with Gasteiger partial charge in [0.15, 0.2) is 17.4 Å². The predicted molar refractivity (Wildman–Crippen MR) is 106 cm³/mol. The highest BCUT2D eigenvalue weighted by Gasteiger charge is 2.20. The van der Waals surface area contributed by atoms with Crippen molar-refractivity contribution in [3.63, 3.8) is 0 Å². The lowest BCUT2D eigenvalue weighted by Gasteiger charge is -2.12. The first-order valence-corrected chi connectivity index (χ1v) is 9.62. The molecule has 4 aromatic heterocycles. The molecule has 0 aliphatic rings. The summed E-state index contributed by atoms with van der Waals surface area (Å²) < 4.78 is 7.00. The molecule has 0 saturated heterocycles. The molecule has 4 heterocycles. The summed E-state index contributed by atoms with van der Waals surface area (Å²) in [5.41, 5.74) is 1.57. The van der Waals surface area contributed by atoms with E-state index in [1.165, 1.54) is 11.8 Å². The number of amides is 1. The molecule has 9 heteroatoms. The Labute approximate surface area is 165 Å². The maximum Gasteiger partial charge on any atom is 0.260 e. The molecule has 0 unspecified atom stereocenters. The van der Waals surface area contributed by atoms with Gasteiger partial charge in [0.05, 0.1) is 29.4 Å². The van der Waals surface area contributed by atoms with Crippen molar-refractivity contribution in [2.24, 2.45) is 0 Å². The fourth-order valence-corrected chi connectivity index (χ4v) is 3.29. The van der Waals surface area contributed by atoms with Crippen LogP contribution in [0.4, 0.5) is 5.69 Å². The van der Waals surface area contributed by atoms with Gasteiger partial charge in [0.1, 0.15) is 5.03 Å². The van der Waals surface area contributed by atoms with Crippen molar-refractivity contribution in [3.8, 4) is 17.4 Å². The Bertz CT molecular complexity index is 1090. The average Bonchev–Trinajstić information content (AvgIpc) is 3.42. The molecule has 1 N–H and O–H groups in total. The van der Waals surface area contributed by atoms with Gasteiger partial charge in [-0.3, -0.25) is 4.79 Å². The quantitative estimate of drug-likeness (QED) is 0.409. The Morgan fingerprint density at radius 2 is 2.11 bits per heavy atom. The summed E-state index contributed by atoms with van der Waals surface area (Å²) in [4.78, 5) is 26.1. The smallest absolute Gasteiger partial charge is 0.260 e. The number of furan rings is 1. The minimum atomic E-state index is -0.290. The number of carbonyl (C=O) groups is 1. The lowest BCUT2D eigenvalue weighted by Crippen LogP contribution is -2.17. The third-order valence-corrected chi connectivity index (χ3v) is 4.65. The van der Waals surface area contributed by atoms with Gasteiger partial charge >= 0.3 is 0 Å². The molecule has 140 valence electrons. The van der Waals surface area contributed by atoms with E-state index >= 15 is 0 Å². The molecule has 0 radical (unpaired) electrons. The van der Waals surface area contributed by atoms with E-state index in [0.717, 1.165) is 0 Å². The maximum atomic E-state index is 12.9. The fraction of sp³-hybridized carbons (Fsp3) is 0.105. The standard InChI is InChI=1S/C19H16N6O2S/c1-12-16(19(28-2)24-17(22-12)14-5-3-10-27-14)18(26)23-13-6-7-15(20-11-13)25-9-4-8-21-25/h3-11H,1-2H3,(H,23,26). The summed E-state index contributed by atoms with van der Waals surface area (Å²) in [5, 5.41) is 7.56. The molecule has 0 aliphatic heterocycles. The van der Waals surface area contributed by atoms with Gasteiger partial charge in [0.25, 0.3) is 5.91 Å². The van der Waals surface area contributed by atoms with Crippen molar-refractivity contribution in [2.75, 3.05) is 11.6 Å². The van der Waals surface area contributed by atoms with E-state index in [9.17, 15) is 4.79 Å². The highest BCUT2D eigenvalue weighted by Crippen LogP contribution is 2.26. The second-order valence-corrected chi connectivity index (χ2v) is 6.60. The SMILES string of the molecule is CSc1nc(-c2ccco2)nc(C)c1C(=O)Nc1ccc(-n2cccn2)nc1. The summed E-state index contributed by atoms with van der Waals surface area (Å²) >= 11 is 1.38. The minimum Gasteiger partial charge on any atom is -0.461 e. The molecule has 8 nitrogen and oxygen atoms in total. The molecule has 4 aromatic rings. The number of anilines is 1. The normalized spacial score (nSPS) is 10.8. The molecule has 0 bridgehead atoms. The first-order chi connectivity index (χ1) is 13.7. The summed E-state index contributed by atoms with van der Waals surface area (Å²) in [5.74, 6) is 1.38. The lowest BCUT2D eigenvalue weighted by molar-refractivity contribution is 0.102. The number of thioether (sulfide) groups is 1. The molecule has 0 atom stereocenters. The third kappa shape index (κ3) is 3.52. The zero-order valence-corrected chi connectivity index (χ0v) is 16.0. The van der Waals surface area contributed by atoms with Crippen LogP contribution in [-0.2, 0) is 0 Å². The molecule has 0 aliphatic carbocycles. The molecular formula is C19H16N6O2S. The Balaban J connectivity index is 1.59. The Morgan fingerprint density at radius 1 is 1.21 bits per heavy atom. The number of nitrogens with one attached hydrogen (secondary N) is 1. The number of hydrogen-bond acceptors (Lipinski definition) is 7. The van der Waals surface area contributed by atoms with E-state index in [-0.39, 0.29) is 5.91 Å². The van der Waals surface area contributed by atoms with Crippen molar-refractivity contribution in [2.45, 2.75) is 11.9 Å². The van der Waals surface area contributed by atoms with E-state index in [4.69, 9.17) is 4.42 Å². The summed E-state index contributed by atoms with van der Waals surface area (Å²) in [6.45, 7) is 1.78. The van der Waals surface area contributed by atoms with Gasteiger partial charge < -0.3 is 9.73 Å². The molecular weight excluding hydrogens is 376 g/mol. The Kier molecular flexibility index (Phi) is 4.90. The Hall–Kier alpha value is -3.46. The topological polar surface area (TPSA) is 98.7 Å². The van der Waals surface area contributed by atoms with Crippen LogP contribution in [0.25, 0.3) is 17.4 Å². The van der Waals surface area contributed by atoms with Crippen LogP contribution in [0.3, 0.4) is 0 Å². The van der Waals surface area contributed by atoms with Gasteiger partial charge in [0, 0.05) is 12.4 Å². The van der Waals surface area contributed by atoms with Crippen LogP contribution in [0.15, 0.2) is 64.6 Å². The van der Waals surface area contributed by atoms with Crippen LogP contribution in [0.5, 0.6) is 0 Å². The summed E-state index contributed by atoms with van der Waals surface area (Å²) in [6, 6.07) is 8.92. The first-order valence-electron chi connectivity index (χ1n) is 8.39. The second kappa shape index (κ2) is 7.65. The molecule has 4 rings (SSSR count). The van der Waals surface area contributed by atoms with Gasteiger partial charge in [-0.25, -0.2) is 19.6 Å². The lowest BCUT2D eigenvalue weighted by atomic mass is 10.2. The zero-order valence-electron chi connectivity index (χ0n) is 15.2. The van der Waals surface area contributed by atoms with Crippen molar-refractivity contribution in [1.29, 1.82) is 0 Å². The first kappa shape index (κ1) is 17.9. The molecule has 0 fully saturated rings. The number of aryl methyl sites for hydroxylation is 1. The van der Waals surface area contributed by atoms with Crippen LogP contribution >= 0.6 is 11.8 Å².